The summed E-state index contributed by atoms with van der Waals surface area (Å²) in [5.74, 6) is -1.60. The number of benzene rings is 1. The molecule has 0 spiro atoms. The van der Waals surface area contributed by atoms with E-state index in [2.05, 4.69) is 0 Å². The molecule has 1 aliphatic heterocycles. The first-order valence-corrected chi connectivity index (χ1v) is 7.20. The summed E-state index contributed by atoms with van der Waals surface area (Å²) in [4.78, 5) is 38.8. The van der Waals surface area contributed by atoms with Crippen LogP contribution in [0.2, 0.25) is 0 Å². The van der Waals surface area contributed by atoms with Crippen LogP contribution in [0.3, 0.4) is 0 Å². The standard InChI is InChI=1S/C16H20N2O4/c1-16(15(22)17(2)11-13(19)20)9-6-10-18(16)14(21)12-7-4-3-5-8-12/h3-5,7-8H,6,9-11H2,1-2H3,(H,19,20). The predicted octanol–water partition coefficient (Wildman–Crippen LogP) is 1.22. The highest BCUT2D eigenvalue weighted by Gasteiger charge is 2.47. The third kappa shape index (κ3) is 2.95. The van der Waals surface area contributed by atoms with Crippen LogP contribution in [0, 0.1) is 0 Å². The third-order valence-electron chi connectivity index (χ3n) is 4.09. The van der Waals surface area contributed by atoms with Gasteiger partial charge in [0.05, 0.1) is 0 Å². The van der Waals surface area contributed by atoms with Crippen molar-refractivity contribution in [3.8, 4) is 0 Å². The molecule has 0 aliphatic carbocycles. The number of nitrogens with zero attached hydrogens (tertiary/aromatic N) is 2. The van der Waals surface area contributed by atoms with Crippen molar-refractivity contribution in [1.29, 1.82) is 0 Å². The molecule has 1 fully saturated rings. The Kier molecular flexibility index (Phi) is 4.49. The SMILES string of the molecule is CN(CC(=O)O)C(=O)C1(C)CCCN1C(=O)c1ccccc1. The van der Waals surface area contributed by atoms with Gasteiger partial charge in [0.2, 0.25) is 5.91 Å². The van der Waals surface area contributed by atoms with Gasteiger partial charge in [0.25, 0.3) is 5.91 Å². The number of carboxylic acids is 1. The summed E-state index contributed by atoms with van der Waals surface area (Å²) >= 11 is 0. The number of hydrogen-bond donors (Lipinski definition) is 1. The summed E-state index contributed by atoms with van der Waals surface area (Å²) < 4.78 is 0. The lowest BCUT2D eigenvalue weighted by Crippen LogP contribution is -2.56. The zero-order valence-corrected chi connectivity index (χ0v) is 12.8. The van der Waals surface area contributed by atoms with E-state index in [0.29, 0.717) is 18.5 Å². The minimum Gasteiger partial charge on any atom is -0.480 e. The largest absolute Gasteiger partial charge is 0.480 e. The van der Waals surface area contributed by atoms with Crippen molar-refractivity contribution in [2.75, 3.05) is 20.1 Å². The molecule has 1 heterocycles. The van der Waals surface area contributed by atoms with Gasteiger partial charge >= 0.3 is 5.97 Å². The Bertz CT molecular complexity index is 587. The van der Waals surface area contributed by atoms with Crippen molar-refractivity contribution in [3.05, 3.63) is 35.9 Å². The highest BCUT2D eigenvalue weighted by molar-refractivity contribution is 6.00. The first kappa shape index (κ1) is 16.0. The molecule has 1 saturated heterocycles. The molecule has 2 rings (SSSR count). The fraction of sp³-hybridized carbons (Fsp3) is 0.438. The van der Waals surface area contributed by atoms with Gasteiger partial charge in [-0.05, 0) is 31.9 Å². The molecule has 1 aliphatic rings. The van der Waals surface area contributed by atoms with E-state index in [1.807, 2.05) is 6.07 Å². The van der Waals surface area contributed by atoms with E-state index in [4.69, 9.17) is 5.11 Å². The van der Waals surface area contributed by atoms with Crippen molar-refractivity contribution in [2.45, 2.75) is 25.3 Å². The second-order valence-electron chi connectivity index (χ2n) is 5.76. The van der Waals surface area contributed by atoms with Crippen LogP contribution in [0.5, 0.6) is 0 Å². The number of hydrogen-bond acceptors (Lipinski definition) is 3. The number of carbonyl (C=O) groups excluding carboxylic acids is 2. The summed E-state index contributed by atoms with van der Waals surface area (Å²) in [6.45, 7) is 1.83. The minimum atomic E-state index is -1.07. The summed E-state index contributed by atoms with van der Waals surface area (Å²) in [5.41, 5.74) is -0.457. The maximum atomic E-state index is 12.7. The van der Waals surface area contributed by atoms with Crippen LogP contribution < -0.4 is 0 Å². The monoisotopic (exact) mass is 304 g/mol. The number of aliphatic carboxylic acids is 1. The maximum Gasteiger partial charge on any atom is 0.323 e. The van der Waals surface area contributed by atoms with Crippen LogP contribution in [0.25, 0.3) is 0 Å². The summed E-state index contributed by atoms with van der Waals surface area (Å²) in [6, 6.07) is 8.81. The maximum absolute atomic E-state index is 12.7. The molecule has 6 heteroatoms. The van der Waals surface area contributed by atoms with Crippen molar-refractivity contribution >= 4 is 17.8 Å². The normalized spacial score (nSPS) is 20.7. The van der Waals surface area contributed by atoms with Gasteiger partial charge in [0, 0.05) is 19.2 Å². The Hall–Kier alpha value is -2.37. The van der Waals surface area contributed by atoms with Gasteiger partial charge in [-0.3, -0.25) is 14.4 Å². The van der Waals surface area contributed by atoms with Crippen LogP contribution in [0.1, 0.15) is 30.1 Å². The van der Waals surface area contributed by atoms with Gasteiger partial charge in [0.1, 0.15) is 12.1 Å². The molecular formula is C16H20N2O4. The summed E-state index contributed by atoms with van der Waals surface area (Å²) in [6.07, 6.45) is 1.26. The fourth-order valence-electron chi connectivity index (χ4n) is 2.93. The van der Waals surface area contributed by atoms with Crippen molar-refractivity contribution in [3.63, 3.8) is 0 Å². The van der Waals surface area contributed by atoms with Crippen LogP contribution in [-0.2, 0) is 9.59 Å². The van der Waals surface area contributed by atoms with Crippen molar-refractivity contribution < 1.29 is 19.5 Å². The third-order valence-corrected chi connectivity index (χ3v) is 4.09. The lowest BCUT2D eigenvalue weighted by Gasteiger charge is -2.36. The molecule has 22 heavy (non-hydrogen) atoms. The van der Waals surface area contributed by atoms with Crippen molar-refractivity contribution in [2.24, 2.45) is 0 Å². The average molecular weight is 304 g/mol. The first-order valence-electron chi connectivity index (χ1n) is 7.20. The quantitative estimate of drug-likeness (QED) is 0.907. The fourth-order valence-corrected chi connectivity index (χ4v) is 2.93. The van der Waals surface area contributed by atoms with Gasteiger partial charge in [-0.2, -0.15) is 0 Å². The Balaban J connectivity index is 2.23. The Morgan fingerprint density at radius 3 is 2.50 bits per heavy atom. The van der Waals surface area contributed by atoms with E-state index in [1.165, 1.54) is 11.9 Å². The lowest BCUT2D eigenvalue weighted by molar-refractivity contribution is -0.147. The number of likely N-dealkylation sites (tertiary alicyclic amines) is 1. The number of rotatable bonds is 4. The topological polar surface area (TPSA) is 77.9 Å². The van der Waals surface area contributed by atoms with Gasteiger partial charge in [-0.25, -0.2) is 0 Å². The van der Waals surface area contributed by atoms with Crippen LogP contribution >= 0.6 is 0 Å². The van der Waals surface area contributed by atoms with E-state index in [1.54, 1.807) is 36.1 Å². The molecule has 0 saturated carbocycles. The molecule has 1 aromatic rings. The van der Waals surface area contributed by atoms with E-state index in [-0.39, 0.29) is 18.4 Å². The molecule has 0 aromatic heterocycles. The molecule has 0 radical (unpaired) electrons. The Labute approximate surface area is 129 Å². The average Bonchev–Trinajstić information content (AvgIpc) is 2.89. The number of amides is 2. The second-order valence-corrected chi connectivity index (χ2v) is 5.76. The first-order chi connectivity index (χ1) is 10.4. The Morgan fingerprint density at radius 1 is 1.27 bits per heavy atom. The van der Waals surface area contributed by atoms with Crippen LogP contribution in [0.4, 0.5) is 0 Å². The number of likely N-dealkylation sites (N-methyl/N-ethyl adjacent to an activating group) is 1. The van der Waals surface area contributed by atoms with Gasteiger partial charge in [0.15, 0.2) is 0 Å². The van der Waals surface area contributed by atoms with E-state index in [0.717, 1.165) is 6.42 Å². The molecule has 1 unspecified atom stereocenters. The highest BCUT2D eigenvalue weighted by Crippen LogP contribution is 2.32. The molecule has 2 amide bonds. The zero-order chi connectivity index (χ0) is 16.3. The molecule has 6 nitrogen and oxygen atoms in total. The second kappa shape index (κ2) is 6.17. The molecule has 118 valence electrons. The van der Waals surface area contributed by atoms with E-state index < -0.39 is 11.5 Å². The van der Waals surface area contributed by atoms with Crippen molar-refractivity contribution in [1.82, 2.24) is 9.80 Å². The highest BCUT2D eigenvalue weighted by atomic mass is 16.4. The van der Waals surface area contributed by atoms with Gasteiger partial charge < -0.3 is 14.9 Å². The molecular weight excluding hydrogens is 284 g/mol. The van der Waals surface area contributed by atoms with Crippen LogP contribution in [0.15, 0.2) is 30.3 Å². The minimum absolute atomic E-state index is 0.197. The van der Waals surface area contributed by atoms with Gasteiger partial charge in [-0.1, -0.05) is 18.2 Å². The molecule has 1 atom stereocenters. The molecule has 1 aromatic carbocycles. The Morgan fingerprint density at radius 2 is 1.91 bits per heavy atom. The molecule has 0 bridgehead atoms. The number of carbonyl (C=O) groups is 3. The molecule has 1 N–H and O–H groups in total. The summed E-state index contributed by atoms with van der Waals surface area (Å²) in [7, 11) is 1.45. The van der Waals surface area contributed by atoms with Crippen LogP contribution in [-0.4, -0.2) is 58.4 Å². The van der Waals surface area contributed by atoms with Gasteiger partial charge in [-0.15, -0.1) is 0 Å². The zero-order valence-electron chi connectivity index (χ0n) is 12.8. The summed E-state index contributed by atoms with van der Waals surface area (Å²) in [5, 5.41) is 8.84. The predicted molar refractivity (Wildman–Crippen MR) is 80.4 cm³/mol. The lowest BCUT2D eigenvalue weighted by atomic mass is 9.96. The van der Waals surface area contributed by atoms with E-state index >= 15 is 0 Å². The number of carboxylic acid groups (broad SMARTS) is 1. The smallest absolute Gasteiger partial charge is 0.323 e. The van der Waals surface area contributed by atoms with E-state index in [9.17, 15) is 14.4 Å².